The molecule has 10 heteroatoms. The lowest BCUT2D eigenvalue weighted by atomic mass is 10.0. The number of amides is 3. The van der Waals surface area contributed by atoms with Crippen molar-refractivity contribution < 1.29 is 28.5 Å². The Bertz CT molecular complexity index is 1300. The number of hydrogen-bond acceptors (Lipinski definition) is 6. The standard InChI is InChI=1S/C26H24Br2N2O6/c1-26(2)13-14-7-5-10-20(22(14)36-26)35-23-16(27)11-15(12-17(23)28)29-25(32)30-24(31)21-18(33-3)8-6-9-19(21)34-4/h5-12H,13H2,1-4H3,(H2,29,30,31,32). The summed E-state index contributed by atoms with van der Waals surface area (Å²) in [5.74, 6) is 1.72. The second kappa shape index (κ2) is 10.4. The Morgan fingerprint density at radius 3 is 2.14 bits per heavy atom. The molecule has 0 unspecified atom stereocenters. The van der Waals surface area contributed by atoms with Crippen molar-refractivity contribution in [3.63, 3.8) is 0 Å². The third kappa shape index (κ3) is 5.44. The van der Waals surface area contributed by atoms with Crippen molar-refractivity contribution in [1.29, 1.82) is 0 Å². The molecule has 1 heterocycles. The predicted molar refractivity (Wildman–Crippen MR) is 143 cm³/mol. The summed E-state index contributed by atoms with van der Waals surface area (Å²) in [6.07, 6.45) is 0.791. The Labute approximate surface area is 225 Å². The number of carbonyl (C=O) groups is 2. The molecule has 4 rings (SSSR count). The van der Waals surface area contributed by atoms with Gasteiger partial charge in [-0.25, -0.2) is 4.79 Å². The van der Waals surface area contributed by atoms with Gasteiger partial charge in [-0.15, -0.1) is 0 Å². The summed E-state index contributed by atoms with van der Waals surface area (Å²) in [7, 11) is 2.86. The normalized spacial score (nSPS) is 13.3. The van der Waals surface area contributed by atoms with Crippen LogP contribution in [0.1, 0.15) is 29.8 Å². The van der Waals surface area contributed by atoms with E-state index in [4.69, 9.17) is 18.9 Å². The van der Waals surface area contributed by atoms with Gasteiger partial charge in [-0.2, -0.15) is 0 Å². The zero-order valence-corrected chi connectivity index (χ0v) is 23.2. The van der Waals surface area contributed by atoms with Crippen LogP contribution in [-0.4, -0.2) is 31.8 Å². The monoisotopic (exact) mass is 618 g/mol. The minimum absolute atomic E-state index is 0.115. The van der Waals surface area contributed by atoms with E-state index in [0.717, 1.165) is 12.0 Å². The molecule has 0 bridgehead atoms. The SMILES string of the molecule is COc1cccc(OC)c1C(=O)NC(=O)Nc1cc(Br)c(Oc2cccc3c2OC(C)(C)C3)c(Br)c1. The molecule has 1 aliphatic heterocycles. The fourth-order valence-corrected chi connectivity index (χ4v) is 5.26. The molecule has 0 saturated heterocycles. The quantitative estimate of drug-likeness (QED) is 0.319. The molecule has 0 spiro atoms. The van der Waals surface area contributed by atoms with E-state index in [2.05, 4.69) is 42.5 Å². The largest absolute Gasteiger partial charge is 0.496 e. The first-order valence-electron chi connectivity index (χ1n) is 10.9. The molecule has 3 aromatic carbocycles. The van der Waals surface area contributed by atoms with Crippen LogP contribution in [0.15, 0.2) is 57.5 Å². The number of fused-ring (bicyclic) bond motifs is 1. The predicted octanol–water partition coefficient (Wildman–Crippen LogP) is 6.70. The Morgan fingerprint density at radius 1 is 0.944 bits per heavy atom. The first-order valence-corrected chi connectivity index (χ1v) is 12.5. The van der Waals surface area contributed by atoms with E-state index in [1.54, 1.807) is 30.3 Å². The minimum atomic E-state index is -0.725. The average molecular weight is 620 g/mol. The summed E-state index contributed by atoms with van der Waals surface area (Å²) < 4.78 is 23.9. The van der Waals surface area contributed by atoms with Gasteiger partial charge in [0.05, 0.1) is 23.2 Å². The summed E-state index contributed by atoms with van der Waals surface area (Å²) in [5.41, 5.74) is 1.32. The topological polar surface area (TPSA) is 95.1 Å². The first-order chi connectivity index (χ1) is 17.1. The van der Waals surface area contributed by atoms with Crippen LogP contribution in [0.5, 0.6) is 28.7 Å². The van der Waals surface area contributed by atoms with Gasteiger partial charge in [-0.05, 0) is 76.0 Å². The highest BCUT2D eigenvalue weighted by Gasteiger charge is 2.32. The van der Waals surface area contributed by atoms with E-state index in [1.807, 2.05) is 32.0 Å². The van der Waals surface area contributed by atoms with Crippen LogP contribution in [0.4, 0.5) is 10.5 Å². The molecule has 0 radical (unpaired) electrons. The van der Waals surface area contributed by atoms with Crippen molar-refractivity contribution in [3.8, 4) is 28.7 Å². The Hall–Kier alpha value is -3.24. The van der Waals surface area contributed by atoms with Gasteiger partial charge in [0.2, 0.25) is 0 Å². The molecule has 0 saturated carbocycles. The van der Waals surface area contributed by atoms with Crippen molar-refractivity contribution in [3.05, 3.63) is 68.6 Å². The minimum Gasteiger partial charge on any atom is -0.496 e. The first kappa shape index (κ1) is 25.8. The lowest BCUT2D eigenvalue weighted by molar-refractivity contribution is 0.0961. The van der Waals surface area contributed by atoms with Crippen LogP contribution < -0.4 is 29.6 Å². The lowest BCUT2D eigenvalue weighted by Gasteiger charge is -2.19. The second-order valence-electron chi connectivity index (χ2n) is 8.60. The molecule has 0 aliphatic carbocycles. The molecule has 36 heavy (non-hydrogen) atoms. The lowest BCUT2D eigenvalue weighted by Crippen LogP contribution is -2.34. The maximum absolute atomic E-state index is 12.8. The van der Waals surface area contributed by atoms with Crippen LogP contribution in [0.25, 0.3) is 0 Å². The van der Waals surface area contributed by atoms with Crippen LogP contribution >= 0.6 is 31.9 Å². The van der Waals surface area contributed by atoms with E-state index in [-0.39, 0.29) is 22.7 Å². The molecule has 3 aromatic rings. The number of anilines is 1. The highest BCUT2D eigenvalue weighted by Crippen LogP contribution is 2.46. The Balaban J connectivity index is 1.49. The molecule has 0 fully saturated rings. The summed E-state index contributed by atoms with van der Waals surface area (Å²) in [5, 5.41) is 4.95. The number of urea groups is 1. The zero-order valence-electron chi connectivity index (χ0n) is 20.0. The molecule has 188 valence electrons. The van der Waals surface area contributed by atoms with E-state index in [0.29, 0.717) is 31.9 Å². The summed E-state index contributed by atoms with van der Waals surface area (Å²) >= 11 is 7.01. The van der Waals surface area contributed by atoms with E-state index in [9.17, 15) is 9.59 Å². The number of carbonyl (C=O) groups excluding carboxylic acids is 2. The molecule has 8 nitrogen and oxygen atoms in total. The van der Waals surface area contributed by atoms with Crippen LogP contribution in [0, 0.1) is 0 Å². The van der Waals surface area contributed by atoms with Gasteiger partial charge in [0, 0.05) is 17.7 Å². The van der Waals surface area contributed by atoms with Crippen molar-refractivity contribution in [2.45, 2.75) is 25.9 Å². The second-order valence-corrected chi connectivity index (χ2v) is 10.3. The van der Waals surface area contributed by atoms with Crippen molar-refractivity contribution in [2.24, 2.45) is 0 Å². The number of benzene rings is 3. The summed E-state index contributed by atoms with van der Waals surface area (Å²) in [6.45, 7) is 4.06. The van der Waals surface area contributed by atoms with Crippen LogP contribution in [-0.2, 0) is 6.42 Å². The Kier molecular flexibility index (Phi) is 7.46. The van der Waals surface area contributed by atoms with Crippen molar-refractivity contribution in [2.75, 3.05) is 19.5 Å². The molecule has 1 aliphatic rings. The Morgan fingerprint density at radius 2 is 1.53 bits per heavy atom. The van der Waals surface area contributed by atoms with Crippen molar-refractivity contribution in [1.82, 2.24) is 5.32 Å². The van der Waals surface area contributed by atoms with Crippen molar-refractivity contribution >= 4 is 49.5 Å². The van der Waals surface area contributed by atoms with Gasteiger partial charge >= 0.3 is 6.03 Å². The van der Waals surface area contributed by atoms with Gasteiger partial charge in [0.25, 0.3) is 5.91 Å². The third-order valence-corrected chi connectivity index (χ3v) is 6.58. The number of halogens is 2. The smallest absolute Gasteiger partial charge is 0.326 e. The molecular weight excluding hydrogens is 596 g/mol. The van der Waals surface area contributed by atoms with Gasteiger partial charge in [-0.3, -0.25) is 10.1 Å². The van der Waals surface area contributed by atoms with Crippen LogP contribution in [0.3, 0.4) is 0 Å². The zero-order chi connectivity index (χ0) is 26.0. The summed E-state index contributed by atoms with van der Waals surface area (Å²) in [4.78, 5) is 25.3. The number of ether oxygens (including phenoxy) is 4. The highest BCUT2D eigenvalue weighted by atomic mass is 79.9. The van der Waals surface area contributed by atoms with Gasteiger partial charge in [0.15, 0.2) is 17.2 Å². The highest BCUT2D eigenvalue weighted by molar-refractivity contribution is 9.11. The third-order valence-electron chi connectivity index (χ3n) is 5.41. The molecule has 2 N–H and O–H groups in total. The average Bonchev–Trinajstić information content (AvgIpc) is 3.15. The molecule has 0 aromatic heterocycles. The number of nitrogens with one attached hydrogen (secondary N) is 2. The number of rotatable bonds is 6. The van der Waals surface area contributed by atoms with E-state index in [1.165, 1.54) is 14.2 Å². The molecule has 0 atom stereocenters. The van der Waals surface area contributed by atoms with E-state index >= 15 is 0 Å². The number of methoxy groups -OCH3 is 2. The maximum Gasteiger partial charge on any atom is 0.326 e. The van der Waals surface area contributed by atoms with Gasteiger partial charge in [0.1, 0.15) is 22.7 Å². The number of hydrogen-bond donors (Lipinski definition) is 2. The number of imide groups is 1. The molecule has 3 amide bonds. The molecular formula is C26H24Br2N2O6. The number of para-hydroxylation sites is 1. The van der Waals surface area contributed by atoms with Gasteiger partial charge < -0.3 is 24.3 Å². The fourth-order valence-electron chi connectivity index (χ4n) is 3.91. The maximum atomic E-state index is 12.8. The fraction of sp³-hybridized carbons (Fsp3) is 0.231. The van der Waals surface area contributed by atoms with Gasteiger partial charge in [-0.1, -0.05) is 18.2 Å². The van der Waals surface area contributed by atoms with E-state index < -0.39 is 11.9 Å². The van der Waals surface area contributed by atoms with Crippen LogP contribution in [0.2, 0.25) is 0 Å². The summed E-state index contributed by atoms with van der Waals surface area (Å²) in [6, 6.07) is 13.3.